The Hall–Kier alpha value is -0.770. The van der Waals surface area contributed by atoms with Gasteiger partial charge in [0, 0.05) is 25.7 Å². The van der Waals surface area contributed by atoms with E-state index >= 15 is 0 Å². The van der Waals surface area contributed by atoms with Crippen molar-refractivity contribution < 1.29 is 4.74 Å². The molecule has 2 aliphatic rings. The van der Waals surface area contributed by atoms with Gasteiger partial charge in [-0.05, 0) is 55.7 Å². The summed E-state index contributed by atoms with van der Waals surface area (Å²) >= 11 is 0. The van der Waals surface area contributed by atoms with Gasteiger partial charge in [-0.2, -0.15) is 0 Å². The molecular formula is C18H29ClN2O. The standard InChI is InChI=1S/C18H28N2O.ClH/c1-13-6-7-14(2)18(10-13)21-9-8-20-11-15-4-3-5-17(19)16(15)12-20;/h6-7,10,15-17H,3-5,8-9,11-12,19H2,1-2H3;1H. The number of fused-ring (bicyclic) bond motifs is 1. The minimum Gasteiger partial charge on any atom is -0.492 e. The fraction of sp³-hybridized carbons (Fsp3) is 0.667. The van der Waals surface area contributed by atoms with Crippen molar-refractivity contribution in [2.24, 2.45) is 17.6 Å². The Bertz CT molecular complexity index is 494. The second-order valence-corrected chi connectivity index (χ2v) is 6.90. The number of rotatable bonds is 4. The van der Waals surface area contributed by atoms with E-state index in [0.29, 0.717) is 6.04 Å². The number of halogens is 1. The molecular weight excluding hydrogens is 296 g/mol. The Morgan fingerprint density at radius 1 is 1.23 bits per heavy atom. The van der Waals surface area contributed by atoms with Crippen LogP contribution < -0.4 is 10.5 Å². The van der Waals surface area contributed by atoms with Gasteiger partial charge in [0.2, 0.25) is 0 Å². The lowest BCUT2D eigenvalue weighted by Crippen LogP contribution is -2.38. The summed E-state index contributed by atoms with van der Waals surface area (Å²) in [5.74, 6) is 2.58. The molecule has 1 saturated heterocycles. The van der Waals surface area contributed by atoms with E-state index in [0.717, 1.165) is 30.7 Å². The molecule has 0 radical (unpaired) electrons. The number of benzene rings is 1. The smallest absolute Gasteiger partial charge is 0.122 e. The number of ether oxygens (including phenoxy) is 1. The minimum atomic E-state index is 0. The molecule has 1 heterocycles. The highest BCUT2D eigenvalue weighted by molar-refractivity contribution is 5.85. The second kappa shape index (κ2) is 7.67. The molecule has 2 fully saturated rings. The van der Waals surface area contributed by atoms with Gasteiger partial charge in [0.1, 0.15) is 12.4 Å². The Labute approximate surface area is 140 Å². The summed E-state index contributed by atoms with van der Waals surface area (Å²) < 4.78 is 5.99. The van der Waals surface area contributed by atoms with E-state index in [9.17, 15) is 0 Å². The van der Waals surface area contributed by atoms with Crippen molar-refractivity contribution in [1.82, 2.24) is 4.90 Å². The van der Waals surface area contributed by atoms with E-state index < -0.39 is 0 Å². The van der Waals surface area contributed by atoms with Crippen LogP contribution in [0.5, 0.6) is 5.75 Å². The zero-order valence-electron chi connectivity index (χ0n) is 13.8. The Morgan fingerprint density at radius 2 is 2.05 bits per heavy atom. The first-order valence-electron chi connectivity index (χ1n) is 8.31. The number of hydrogen-bond donors (Lipinski definition) is 1. The van der Waals surface area contributed by atoms with Crippen LogP contribution in [0.1, 0.15) is 30.4 Å². The predicted octanol–water partition coefficient (Wildman–Crippen LogP) is 3.16. The second-order valence-electron chi connectivity index (χ2n) is 6.90. The SMILES string of the molecule is Cc1ccc(C)c(OCCN2CC3CCCC(N)C3C2)c1.Cl. The molecule has 1 aromatic rings. The molecule has 3 nitrogen and oxygen atoms in total. The van der Waals surface area contributed by atoms with Gasteiger partial charge >= 0.3 is 0 Å². The summed E-state index contributed by atoms with van der Waals surface area (Å²) in [6, 6.07) is 6.83. The topological polar surface area (TPSA) is 38.5 Å². The summed E-state index contributed by atoms with van der Waals surface area (Å²) in [4.78, 5) is 2.55. The van der Waals surface area contributed by atoms with Crippen LogP contribution in [0.2, 0.25) is 0 Å². The molecule has 4 heteroatoms. The summed E-state index contributed by atoms with van der Waals surface area (Å²) in [5.41, 5.74) is 8.76. The summed E-state index contributed by atoms with van der Waals surface area (Å²) in [6.07, 6.45) is 3.90. The summed E-state index contributed by atoms with van der Waals surface area (Å²) in [7, 11) is 0. The number of likely N-dealkylation sites (tertiary alicyclic amines) is 1. The average molecular weight is 325 g/mol. The molecule has 2 N–H and O–H groups in total. The fourth-order valence-corrected chi connectivity index (χ4v) is 3.94. The van der Waals surface area contributed by atoms with Crippen LogP contribution in [0.25, 0.3) is 0 Å². The number of aryl methyl sites for hydroxylation is 2. The average Bonchev–Trinajstić information content (AvgIpc) is 2.87. The zero-order chi connectivity index (χ0) is 14.8. The Balaban J connectivity index is 0.00000176. The first-order valence-corrected chi connectivity index (χ1v) is 8.31. The third kappa shape index (κ3) is 3.95. The van der Waals surface area contributed by atoms with Crippen LogP contribution in [-0.4, -0.2) is 37.2 Å². The highest BCUT2D eigenvalue weighted by atomic mass is 35.5. The molecule has 3 rings (SSSR count). The van der Waals surface area contributed by atoms with Crippen molar-refractivity contribution in [2.45, 2.75) is 39.2 Å². The van der Waals surface area contributed by atoms with E-state index in [1.807, 2.05) is 0 Å². The lowest BCUT2D eigenvalue weighted by molar-refractivity contribution is 0.228. The van der Waals surface area contributed by atoms with Crippen LogP contribution in [-0.2, 0) is 0 Å². The largest absolute Gasteiger partial charge is 0.492 e. The molecule has 0 spiro atoms. The van der Waals surface area contributed by atoms with Gasteiger partial charge in [0.05, 0.1) is 0 Å². The third-order valence-corrected chi connectivity index (χ3v) is 5.24. The van der Waals surface area contributed by atoms with Gasteiger partial charge in [-0.3, -0.25) is 4.90 Å². The molecule has 1 aliphatic carbocycles. The first kappa shape index (κ1) is 17.6. The van der Waals surface area contributed by atoms with Crippen LogP contribution in [0.15, 0.2) is 18.2 Å². The van der Waals surface area contributed by atoms with Crippen LogP contribution in [0.3, 0.4) is 0 Å². The number of hydrogen-bond acceptors (Lipinski definition) is 3. The Kier molecular flexibility index (Phi) is 6.13. The van der Waals surface area contributed by atoms with Gasteiger partial charge < -0.3 is 10.5 Å². The van der Waals surface area contributed by atoms with E-state index in [1.54, 1.807) is 0 Å². The van der Waals surface area contributed by atoms with Crippen LogP contribution >= 0.6 is 12.4 Å². The van der Waals surface area contributed by atoms with Gasteiger partial charge in [-0.15, -0.1) is 12.4 Å². The molecule has 0 amide bonds. The maximum absolute atomic E-state index is 6.28. The molecule has 0 aromatic heterocycles. The normalized spacial score (nSPS) is 28.0. The molecule has 0 bridgehead atoms. The molecule has 1 aliphatic heterocycles. The molecule has 124 valence electrons. The van der Waals surface area contributed by atoms with Crippen molar-refractivity contribution in [1.29, 1.82) is 0 Å². The highest BCUT2D eigenvalue weighted by Crippen LogP contribution is 2.35. The zero-order valence-corrected chi connectivity index (χ0v) is 14.6. The Morgan fingerprint density at radius 3 is 2.82 bits per heavy atom. The van der Waals surface area contributed by atoms with Gasteiger partial charge in [0.15, 0.2) is 0 Å². The van der Waals surface area contributed by atoms with E-state index in [4.69, 9.17) is 10.5 Å². The first-order chi connectivity index (χ1) is 10.1. The van der Waals surface area contributed by atoms with Crippen molar-refractivity contribution in [3.05, 3.63) is 29.3 Å². The minimum absolute atomic E-state index is 0. The van der Waals surface area contributed by atoms with E-state index in [1.165, 1.54) is 43.5 Å². The fourth-order valence-electron chi connectivity index (χ4n) is 3.94. The van der Waals surface area contributed by atoms with Crippen molar-refractivity contribution in [3.63, 3.8) is 0 Å². The molecule has 1 saturated carbocycles. The lowest BCUT2D eigenvalue weighted by atomic mass is 9.78. The molecule has 3 unspecified atom stereocenters. The van der Waals surface area contributed by atoms with Crippen molar-refractivity contribution in [2.75, 3.05) is 26.2 Å². The maximum Gasteiger partial charge on any atom is 0.122 e. The van der Waals surface area contributed by atoms with Crippen molar-refractivity contribution >= 4 is 12.4 Å². The summed E-state index contributed by atoms with van der Waals surface area (Å²) in [5, 5.41) is 0. The predicted molar refractivity (Wildman–Crippen MR) is 93.9 cm³/mol. The third-order valence-electron chi connectivity index (χ3n) is 5.24. The molecule has 22 heavy (non-hydrogen) atoms. The lowest BCUT2D eigenvalue weighted by Gasteiger charge is -2.29. The van der Waals surface area contributed by atoms with Crippen molar-refractivity contribution in [3.8, 4) is 5.75 Å². The van der Waals surface area contributed by atoms with E-state index in [2.05, 4.69) is 36.9 Å². The van der Waals surface area contributed by atoms with Gasteiger partial charge in [-0.25, -0.2) is 0 Å². The monoisotopic (exact) mass is 324 g/mol. The van der Waals surface area contributed by atoms with Gasteiger partial charge in [0.25, 0.3) is 0 Å². The van der Waals surface area contributed by atoms with Gasteiger partial charge in [-0.1, -0.05) is 18.6 Å². The van der Waals surface area contributed by atoms with Crippen LogP contribution in [0, 0.1) is 25.7 Å². The number of nitrogens with zero attached hydrogens (tertiary/aromatic N) is 1. The molecule has 3 atom stereocenters. The highest BCUT2D eigenvalue weighted by Gasteiger charge is 2.38. The maximum atomic E-state index is 6.28. The van der Waals surface area contributed by atoms with Crippen LogP contribution in [0.4, 0.5) is 0 Å². The van der Waals surface area contributed by atoms with E-state index in [-0.39, 0.29) is 12.4 Å². The summed E-state index contributed by atoms with van der Waals surface area (Å²) in [6.45, 7) is 8.40. The number of nitrogens with two attached hydrogens (primary N) is 1. The molecule has 1 aromatic carbocycles. The quantitative estimate of drug-likeness (QED) is 0.924.